The highest BCUT2D eigenvalue weighted by Crippen LogP contribution is 2.05. The minimum atomic E-state index is -0.279. The zero-order valence-corrected chi connectivity index (χ0v) is 10.8. The van der Waals surface area contributed by atoms with Gasteiger partial charge in [-0.2, -0.15) is 5.10 Å². The fourth-order valence-electron chi connectivity index (χ4n) is 1.90. The molecule has 3 aromatic rings. The number of hydrogen-bond acceptors (Lipinski definition) is 2. The van der Waals surface area contributed by atoms with E-state index in [9.17, 15) is 4.39 Å². The van der Waals surface area contributed by atoms with E-state index in [4.69, 9.17) is 0 Å². The molecule has 98 valence electrons. The topological polar surface area (TPSA) is 30.2 Å². The first-order valence-electron chi connectivity index (χ1n) is 6.35. The molecule has 3 rings (SSSR count). The van der Waals surface area contributed by atoms with Crippen molar-refractivity contribution in [3.05, 3.63) is 65.9 Å². The van der Waals surface area contributed by atoms with Crippen LogP contribution in [0.4, 0.5) is 4.39 Å². The molecule has 0 aliphatic rings. The van der Waals surface area contributed by atoms with Gasteiger partial charge in [0.25, 0.3) is 0 Å². The zero-order valence-electron chi connectivity index (χ0n) is 10.8. The maximum atomic E-state index is 13.4. The Labute approximate surface area is 116 Å². The molecule has 20 heavy (non-hydrogen) atoms. The lowest BCUT2D eigenvalue weighted by molar-refractivity contribution is 0.624. The second-order valence-corrected chi connectivity index (χ2v) is 4.33. The van der Waals surface area contributed by atoms with E-state index in [1.54, 1.807) is 28.9 Å². The Hall–Kier alpha value is -2.67. The Morgan fingerprint density at radius 3 is 2.95 bits per heavy atom. The van der Waals surface area contributed by atoms with Crippen molar-refractivity contribution in [2.24, 2.45) is 0 Å². The summed E-state index contributed by atoms with van der Waals surface area (Å²) in [6.45, 7) is 0. The SMILES string of the molecule is Fc1ccccc1C#CCCc1ccn2nccc2n1. The molecule has 0 aliphatic heterocycles. The van der Waals surface area contributed by atoms with Crippen LogP contribution in [0.3, 0.4) is 0 Å². The minimum absolute atomic E-state index is 0.279. The van der Waals surface area contributed by atoms with Crippen LogP contribution in [-0.2, 0) is 6.42 Å². The summed E-state index contributed by atoms with van der Waals surface area (Å²) in [7, 11) is 0. The van der Waals surface area contributed by atoms with E-state index < -0.39 is 0 Å². The molecule has 0 spiro atoms. The molecule has 0 fully saturated rings. The molecule has 0 saturated heterocycles. The van der Waals surface area contributed by atoms with Gasteiger partial charge in [0, 0.05) is 30.8 Å². The van der Waals surface area contributed by atoms with E-state index in [1.807, 2.05) is 18.3 Å². The number of aromatic nitrogens is 3. The normalized spacial score (nSPS) is 10.2. The van der Waals surface area contributed by atoms with Gasteiger partial charge in [0.2, 0.25) is 0 Å². The van der Waals surface area contributed by atoms with Crippen molar-refractivity contribution in [2.75, 3.05) is 0 Å². The van der Waals surface area contributed by atoms with Crippen molar-refractivity contribution in [1.29, 1.82) is 0 Å². The molecule has 0 atom stereocenters. The van der Waals surface area contributed by atoms with Crippen molar-refractivity contribution in [3.63, 3.8) is 0 Å². The van der Waals surface area contributed by atoms with Crippen LogP contribution in [0.25, 0.3) is 5.65 Å². The number of aryl methyl sites for hydroxylation is 1. The van der Waals surface area contributed by atoms with Gasteiger partial charge in [-0.25, -0.2) is 13.9 Å². The standard InChI is InChI=1S/C16H12FN3/c17-15-8-4-2-6-13(15)5-1-3-7-14-10-12-20-16(19-14)9-11-18-20/h2,4,6,8-12H,3,7H2. The van der Waals surface area contributed by atoms with E-state index in [-0.39, 0.29) is 5.82 Å². The highest BCUT2D eigenvalue weighted by Gasteiger charge is 1.98. The predicted octanol–water partition coefficient (Wildman–Crippen LogP) is 2.85. The number of halogens is 1. The summed E-state index contributed by atoms with van der Waals surface area (Å²) < 4.78 is 15.1. The van der Waals surface area contributed by atoms with Gasteiger partial charge in [0.1, 0.15) is 5.82 Å². The summed E-state index contributed by atoms with van der Waals surface area (Å²) in [4.78, 5) is 4.46. The summed E-state index contributed by atoms with van der Waals surface area (Å²) in [5, 5.41) is 4.09. The lowest BCUT2D eigenvalue weighted by atomic mass is 10.2. The zero-order chi connectivity index (χ0) is 13.8. The number of fused-ring (bicyclic) bond motifs is 1. The van der Waals surface area contributed by atoms with Crippen molar-refractivity contribution in [1.82, 2.24) is 14.6 Å². The van der Waals surface area contributed by atoms with Gasteiger partial charge in [-0.15, -0.1) is 0 Å². The van der Waals surface area contributed by atoms with Crippen molar-refractivity contribution in [3.8, 4) is 11.8 Å². The molecule has 0 aliphatic carbocycles. The van der Waals surface area contributed by atoms with Crippen LogP contribution in [0.5, 0.6) is 0 Å². The van der Waals surface area contributed by atoms with Gasteiger partial charge < -0.3 is 0 Å². The third-order valence-corrected chi connectivity index (χ3v) is 2.92. The Balaban J connectivity index is 1.67. The van der Waals surface area contributed by atoms with Gasteiger partial charge in [0.05, 0.1) is 11.8 Å². The third kappa shape index (κ3) is 2.67. The van der Waals surface area contributed by atoms with Gasteiger partial charge in [-0.1, -0.05) is 24.0 Å². The first-order chi connectivity index (χ1) is 9.83. The molecular formula is C16H12FN3. The summed E-state index contributed by atoms with van der Waals surface area (Å²) in [6, 6.07) is 10.3. The van der Waals surface area contributed by atoms with Gasteiger partial charge in [0.15, 0.2) is 5.65 Å². The van der Waals surface area contributed by atoms with E-state index >= 15 is 0 Å². The summed E-state index contributed by atoms with van der Waals surface area (Å²) >= 11 is 0. The van der Waals surface area contributed by atoms with Crippen molar-refractivity contribution < 1.29 is 4.39 Å². The first-order valence-corrected chi connectivity index (χ1v) is 6.35. The van der Waals surface area contributed by atoms with Crippen LogP contribution in [-0.4, -0.2) is 14.6 Å². The summed E-state index contributed by atoms with van der Waals surface area (Å²) in [5.41, 5.74) is 2.22. The second-order valence-electron chi connectivity index (χ2n) is 4.33. The van der Waals surface area contributed by atoms with Crippen LogP contribution < -0.4 is 0 Å². The molecule has 0 radical (unpaired) electrons. The number of rotatable bonds is 2. The fourth-order valence-corrected chi connectivity index (χ4v) is 1.90. The fraction of sp³-hybridized carbons (Fsp3) is 0.125. The molecule has 2 aromatic heterocycles. The van der Waals surface area contributed by atoms with Crippen LogP contribution in [0.15, 0.2) is 48.8 Å². The van der Waals surface area contributed by atoms with Crippen LogP contribution in [0.1, 0.15) is 17.7 Å². The molecular weight excluding hydrogens is 253 g/mol. The van der Waals surface area contributed by atoms with Gasteiger partial charge in [-0.3, -0.25) is 0 Å². The van der Waals surface area contributed by atoms with Gasteiger partial charge in [-0.05, 0) is 18.2 Å². The number of nitrogens with zero attached hydrogens (tertiary/aromatic N) is 3. The van der Waals surface area contributed by atoms with Crippen LogP contribution >= 0.6 is 0 Å². The minimum Gasteiger partial charge on any atom is -0.234 e. The first kappa shape index (κ1) is 12.4. The highest BCUT2D eigenvalue weighted by molar-refractivity contribution is 5.37. The maximum absolute atomic E-state index is 13.4. The lowest BCUT2D eigenvalue weighted by Crippen LogP contribution is -1.94. The second kappa shape index (κ2) is 5.54. The number of benzene rings is 1. The largest absolute Gasteiger partial charge is 0.234 e. The molecule has 0 bridgehead atoms. The van der Waals surface area contributed by atoms with Crippen LogP contribution in [0, 0.1) is 17.7 Å². The molecule has 3 nitrogen and oxygen atoms in total. The Morgan fingerprint density at radius 2 is 2.05 bits per heavy atom. The maximum Gasteiger partial charge on any atom is 0.155 e. The Morgan fingerprint density at radius 1 is 1.15 bits per heavy atom. The van der Waals surface area contributed by atoms with E-state index in [0.29, 0.717) is 12.0 Å². The molecule has 0 N–H and O–H groups in total. The summed E-state index contributed by atoms with van der Waals surface area (Å²) in [6.07, 6.45) is 4.97. The molecule has 0 saturated carbocycles. The van der Waals surface area contributed by atoms with E-state index in [0.717, 1.165) is 17.8 Å². The molecule has 2 heterocycles. The Kier molecular flexibility index (Phi) is 3.42. The molecule has 1 aromatic carbocycles. The molecule has 4 heteroatoms. The summed E-state index contributed by atoms with van der Waals surface area (Å²) in [5.74, 6) is 5.55. The quantitative estimate of drug-likeness (QED) is 0.667. The van der Waals surface area contributed by atoms with E-state index in [2.05, 4.69) is 21.9 Å². The third-order valence-electron chi connectivity index (χ3n) is 2.92. The van der Waals surface area contributed by atoms with Crippen LogP contribution in [0.2, 0.25) is 0 Å². The highest BCUT2D eigenvalue weighted by atomic mass is 19.1. The molecule has 0 amide bonds. The lowest BCUT2D eigenvalue weighted by Gasteiger charge is -1.97. The average molecular weight is 265 g/mol. The average Bonchev–Trinajstić information content (AvgIpc) is 2.93. The van der Waals surface area contributed by atoms with Gasteiger partial charge >= 0.3 is 0 Å². The predicted molar refractivity (Wildman–Crippen MR) is 74.6 cm³/mol. The number of hydrogen-bond donors (Lipinski definition) is 0. The smallest absolute Gasteiger partial charge is 0.155 e. The monoisotopic (exact) mass is 265 g/mol. The van der Waals surface area contributed by atoms with Crippen molar-refractivity contribution in [2.45, 2.75) is 12.8 Å². The van der Waals surface area contributed by atoms with E-state index in [1.165, 1.54) is 6.07 Å². The van der Waals surface area contributed by atoms with Crippen molar-refractivity contribution >= 4 is 5.65 Å². The molecule has 0 unspecified atom stereocenters. The Bertz CT molecular complexity index is 796.